The lowest BCUT2D eigenvalue weighted by molar-refractivity contribution is -0.906. The van der Waals surface area contributed by atoms with Gasteiger partial charge < -0.3 is 14.8 Å². The molecular formula is C18H29N4+. The van der Waals surface area contributed by atoms with Gasteiger partial charge in [-0.1, -0.05) is 6.07 Å². The molecule has 0 saturated carbocycles. The second-order valence-corrected chi connectivity index (χ2v) is 7.42. The molecule has 4 nitrogen and oxygen atoms in total. The average Bonchev–Trinajstić information content (AvgIpc) is 3.06. The van der Waals surface area contributed by atoms with E-state index < -0.39 is 0 Å². The van der Waals surface area contributed by atoms with Gasteiger partial charge in [0.25, 0.3) is 0 Å². The van der Waals surface area contributed by atoms with Gasteiger partial charge in [-0.05, 0) is 31.0 Å². The molecule has 1 saturated heterocycles. The first-order chi connectivity index (χ1) is 10.5. The van der Waals surface area contributed by atoms with Gasteiger partial charge in [-0.25, -0.2) is 0 Å². The van der Waals surface area contributed by atoms with E-state index in [0.29, 0.717) is 6.17 Å². The van der Waals surface area contributed by atoms with Crippen molar-refractivity contribution < 1.29 is 4.48 Å². The minimum absolute atomic E-state index is 0.678. The van der Waals surface area contributed by atoms with E-state index in [1.54, 1.807) is 0 Å². The molecule has 3 rings (SSSR count). The number of hydrogen-bond donors (Lipinski definition) is 1. The predicted octanol–water partition coefficient (Wildman–Crippen LogP) is 2.74. The summed E-state index contributed by atoms with van der Waals surface area (Å²) in [5, 5.41) is 1.17. The standard InChI is InChI=1S/C18H29N4/c1-22(2,3)18-9-5-11-21(18)13-6-12-20-14-10-15-16(19)7-4-8-17(15)20/h4,7-8,10,14,18H,5-6,9,11-13,19H2,1-3H3/q+1. The molecule has 2 heterocycles. The highest BCUT2D eigenvalue weighted by atomic mass is 15.4. The summed E-state index contributed by atoms with van der Waals surface area (Å²) in [6.07, 6.45) is 6.70. The van der Waals surface area contributed by atoms with Crippen molar-refractivity contribution in [2.75, 3.05) is 40.0 Å². The Kier molecular flexibility index (Phi) is 4.15. The van der Waals surface area contributed by atoms with Crippen LogP contribution >= 0.6 is 0 Å². The number of aromatic nitrogens is 1. The molecule has 1 aliphatic rings. The maximum absolute atomic E-state index is 6.04. The van der Waals surface area contributed by atoms with Gasteiger partial charge in [0, 0.05) is 43.3 Å². The fourth-order valence-electron chi connectivity index (χ4n) is 3.83. The molecule has 0 amide bonds. The molecule has 0 aliphatic carbocycles. The van der Waals surface area contributed by atoms with Gasteiger partial charge in [0.2, 0.25) is 0 Å². The topological polar surface area (TPSA) is 34.2 Å². The number of fused-ring (bicyclic) bond motifs is 1. The van der Waals surface area contributed by atoms with E-state index in [-0.39, 0.29) is 0 Å². The van der Waals surface area contributed by atoms with Crippen molar-refractivity contribution in [1.29, 1.82) is 0 Å². The molecule has 0 spiro atoms. The summed E-state index contributed by atoms with van der Waals surface area (Å²) in [4.78, 5) is 2.67. The van der Waals surface area contributed by atoms with Crippen LogP contribution in [-0.2, 0) is 6.54 Å². The van der Waals surface area contributed by atoms with Crippen LogP contribution in [0.2, 0.25) is 0 Å². The summed E-state index contributed by atoms with van der Waals surface area (Å²) in [7, 11) is 6.93. The fraction of sp³-hybridized carbons (Fsp3) is 0.556. The number of anilines is 1. The van der Waals surface area contributed by atoms with Crippen molar-refractivity contribution in [1.82, 2.24) is 9.47 Å². The van der Waals surface area contributed by atoms with Crippen LogP contribution in [0.1, 0.15) is 19.3 Å². The lowest BCUT2D eigenvalue weighted by atomic mass is 10.2. The highest BCUT2D eigenvalue weighted by molar-refractivity contribution is 5.91. The number of likely N-dealkylation sites (tertiary alicyclic amines) is 1. The number of nitrogens with zero attached hydrogens (tertiary/aromatic N) is 3. The number of rotatable bonds is 5. The number of aryl methyl sites for hydroxylation is 1. The Balaban J connectivity index is 1.62. The highest BCUT2D eigenvalue weighted by Crippen LogP contribution is 2.24. The van der Waals surface area contributed by atoms with Crippen molar-refractivity contribution in [2.45, 2.75) is 32.0 Å². The number of nitrogens with two attached hydrogens (primary N) is 1. The number of benzene rings is 1. The fourth-order valence-corrected chi connectivity index (χ4v) is 3.83. The van der Waals surface area contributed by atoms with Crippen molar-refractivity contribution in [3.8, 4) is 0 Å². The number of hydrogen-bond acceptors (Lipinski definition) is 2. The van der Waals surface area contributed by atoms with Gasteiger partial charge in [-0.15, -0.1) is 0 Å². The Morgan fingerprint density at radius 3 is 2.77 bits per heavy atom. The molecule has 1 unspecified atom stereocenters. The van der Waals surface area contributed by atoms with E-state index in [0.717, 1.165) is 16.7 Å². The first kappa shape index (κ1) is 15.4. The Morgan fingerprint density at radius 1 is 1.18 bits per heavy atom. The third-order valence-electron chi connectivity index (χ3n) is 4.92. The molecule has 22 heavy (non-hydrogen) atoms. The molecule has 2 aromatic rings. The van der Waals surface area contributed by atoms with Gasteiger partial charge in [-0.2, -0.15) is 0 Å². The molecule has 0 radical (unpaired) electrons. The molecule has 1 aliphatic heterocycles. The van der Waals surface area contributed by atoms with Crippen LogP contribution in [0.5, 0.6) is 0 Å². The summed E-state index contributed by atoms with van der Waals surface area (Å²) in [5.41, 5.74) is 8.17. The maximum atomic E-state index is 6.04. The van der Waals surface area contributed by atoms with Crippen LogP contribution in [0, 0.1) is 0 Å². The van der Waals surface area contributed by atoms with E-state index in [1.807, 2.05) is 12.1 Å². The molecule has 2 N–H and O–H groups in total. The van der Waals surface area contributed by atoms with E-state index >= 15 is 0 Å². The molecule has 1 aromatic heterocycles. The molecule has 1 fully saturated rings. The first-order valence-electron chi connectivity index (χ1n) is 8.35. The zero-order chi connectivity index (χ0) is 15.7. The van der Waals surface area contributed by atoms with Gasteiger partial charge in [0.05, 0.1) is 26.7 Å². The van der Waals surface area contributed by atoms with E-state index in [2.05, 4.69) is 48.9 Å². The summed E-state index contributed by atoms with van der Waals surface area (Å²) >= 11 is 0. The zero-order valence-corrected chi connectivity index (χ0v) is 14.1. The summed E-state index contributed by atoms with van der Waals surface area (Å²) in [6, 6.07) is 8.32. The maximum Gasteiger partial charge on any atom is 0.144 e. The van der Waals surface area contributed by atoms with Crippen molar-refractivity contribution in [3.63, 3.8) is 0 Å². The van der Waals surface area contributed by atoms with E-state index in [4.69, 9.17) is 5.73 Å². The van der Waals surface area contributed by atoms with E-state index in [1.165, 1.54) is 43.3 Å². The van der Waals surface area contributed by atoms with Crippen LogP contribution in [0.25, 0.3) is 10.9 Å². The van der Waals surface area contributed by atoms with Crippen LogP contribution in [-0.4, -0.2) is 54.3 Å². The van der Waals surface area contributed by atoms with Crippen LogP contribution in [0.4, 0.5) is 5.69 Å². The summed E-state index contributed by atoms with van der Waals surface area (Å²) in [6.45, 7) is 3.50. The van der Waals surface area contributed by atoms with Crippen LogP contribution in [0.15, 0.2) is 30.5 Å². The largest absolute Gasteiger partial charge is 0.398 e. The minimum Gasteiger partial charge on any atom is -0.398 e. The second kappa shape index (κ2) is 5.94. The quantitative estimate of drug-likeness (QED) is 0.680. The second-order valence-electron chi connectivity index (χ2n) is 7.42. The molecule has 1 atom stereocenters. The van der Waals surface area contributed by atoms with Crippen LogP contribution < -0.4 is 5.73 Å². The molecular weight excluding hydrogens is 272 g/mol. The molecule has 0 bridgehead atoms. The Morgan fingerprint density at radius 2 is 2.00 bits per heavy atom. The van der Waals surface area contributed by atoms with Gasteiger partial charge in [0.15, 0.2) is 0 Å². The predicted molar refractivity (Wildman–Crippen MR) is 93.6 cm³/mol. The van der Waals surface area contributed by atoms with Crippen LogP contribution in [0.3, 0.4) is 0 Å². The summed E-state index contributed by atoms with van der Waals surface area (Å²) in [5.74, 6) is 0. The van der Waals surface area contributed by atoms with Gasteiger partial charge in [0.1, 0.15) is 6.17 Å². The van der Waals surface area contributed by atoms with Crippen molar-refractivity contribution in [3.05, 3.63) is 30.5 Å². The lowest BCUT2D eigenvalue weighted by Gasteiger charge is -2.37. The normalized spacial score (nSPS) is 20.0. The monoisotopic (exact) mass is 301 g/mol. The number of quaternary nitrogens is 1. The Labute approximate surface area is 133 Å². The third kappa shape index (κ3) is 2.99. The zero-order valence-electron chi connectivity index (χ0n) is 14.1. The van der Waals surface area contributed by atoms with Gasteiger partial charge >= 0.3 is 0 Å². The average molecular weight is 301 g/mol. The third-order valence-corrected chi connectivity index (χ3v) is 4.92. The summed E-state index contributed by atoms with van der Waals surface area (Å²) < 4.78 is 3.38. The Hall–Kier alpha value is -1.52. The smallest absolute Gasteiger partial charge is 0.144 e. The van der Waals surface area contributed by atoms with Crippen molar-refractivity contribution >= 4 is 16.6 Å². The molecule has 1 aromatic carbocycles. The minimum atomic E-state index is 0.678. The SMILES string of the molecule is C[N+](C)(C)C1CCCN1CCCn1ccc2c(N)cccc21. The highest BCUT2D eigenvalue weighted by Gasteiger charge is 2.34. The lowest BCUT2D eigenvalue weighted by Crippen LogP contribution is -2.52. The molecule has 120 valence electrons. The Bertz CT molecular complexity index is 638. The first-order valence-corrected chi connectivity index (χ1v) is 8.35. The number of nitrogen functional groups attached to an aromatic ring is 1. The molecule has 4 heteroatoms. The van der Waals surface area contributed by atoms with Gasteiger partial charge in [-0.3, -0.25) is 4.90 Å². The van der Waals surface area contributed by atoms with Crippen molar-refractivity contribution in [2.24, 2.45) is 0 Å². The van der Waals surface area contributed by atoms with E-state index in [9.17, 15) is 0 Å².